The quantitative estimate of drug-likeness (QED) is 0.804. The third-order valence-electron chi connectivity index (χ3n) is 5.44. The number of rotatable bonds is 4. The van der Waals surface area contributed by atoms with Crippen LogP contribution in [0.3, 0.4) is 0 Å². The van der Waals surface area contributed by atoms with Gasteiger partial charge in [-0.2, -0.15) is 4.31 Å². The Labute approximate surface area is 177 Å². The van der Waals surface area contributed by atoms with Gasteiger partial charge in [0.1, 0.15) is 6.61 Å². The molecule has 30 heavy (non-hydrogen) atoms. The van der Waals surface area contributed by atoms with Crippen LogP contribution in [-0.2, 0) is 14.8 Å². The summed E-state index contributed by atoms with van der Waals surface area (Å²) in [6.07, 6.45) is 3.03. The van der Waals surface area contributed by atoms with E-state index < -0.39 is 16.1 Å². The summed E-state index contributed by atoms with van der Waals surface area (Å²) < 4.78 is 39.3. The molecule has 0 radical (unpaired) electrons. The lowest BCUT2D eigenvalue weighted by Crippen LogP contribution is -2.40. The first-order valence-electron chi connectivity index (χ1n) is 10.3. The molecule has 0 bridgehead atoms. The van der Waals surface area contributed by atoms with E-state index in [4.69, 9.17) is 9.47 Å². The van der Waals surface area contributed by atoms with Gasteiger partial charge in [0.2, 0.25) is 16.1 Å². The number of hydrogen-bond donors (Lipinski definition) is 1. The molecule has 1 fully saturated rings. The van der Waals surface area contributed by atoms with Gasteiger partial charge in [-0.15, -0.1) is 0 Å². The zero-order valence-electron chi connectivity index (χ0n) is 17.0. The Kier molecular flexibility index (Phi) is 5.97. The number of fused-ring (bicyclic) bond motifs is 1. The lowest BCUT2D eigenvalue weighted by Gasteiger charge is -2.26. The third-order valence-corrected chi connectivity index (χ3v) is 7.48. The summed E-state index contributed by atoms with van der Waals surface area (Å²) >= 11 is 0. The van der Waals surface area contributed by atoms with E-state index in [0.717, 1.165) is 25.7 Å². The Bertz CT molecular complexity index is 1030. The van der Waals surface area contributed by atoms with Crippen LogP contribution >= 0.6 is 0 Å². The van der Waals surface area contributed by atoms with E-state index >= 15 is 0 Å². The van der Waals surface area contributed by atoms with Gasteiger partial charge in [0.05, 0.1) is 4.90 Å². The molecule has 1 amide bonds. The number of hydrogen-bond acceptors (Lipinski definition) is 5. The van der Waals surface area contributed by atoms with E-state index in [1.54, 1.807) is 35.5 Å². The minimum atomic E-state index is -3.61. The molecule has 1 N–H and O–H groups in total. The van der Waals surface area contributed by atoms with Crippen molar-refractivity contribution >= 4 is 21.6 Å². The summed E-state index contributed by atoms with van der Waals surface area (Å²) in [5, 5.41) is 2.77. The number of amides is 1. The Morgan fingerprint density at radius 2 is 1.73 bits per heavy atom. The van der Waals surface area contributed by atoms with Crippen molar-refractivity contribution in [2.45, 2.75) is 43.6 Å². The third kappa shape index (κ3) is 4.29. The number of benzene rings is 2. The normalized spacial score (nSPS) is 19.7. The predicted octanol–water partition coefficient (Wildman–Crippen LogP) is 3.34. The van der Waals surface area contributed by atoms with E-state index in [1.165, 1.54) is 6.07 Å². The standard InChI is InChI=1S/C22H26N2O5S/c1-16-10-11-17(14-21(16)30(26,27)24-12-6-2-3-7-13-24)23-22(25)20-15-28-18-8-4-5-9-19(18)29-20/h4-5,8-11,14,20H,2-3,6-7,12-13,15H2,1H3,(H,23,25)/t20-/m0/s1. The van der Waals surface area contributed by atoms with Gasteiger partial charge in [0.25, 0.3) is 5.91 Å². The molecule has 1 saturated heterocycles. The smallest absolute Gasteiger partial charge is 0.269 e. The molecule has 8 heteroatoms. The van der Waals surface area contributed by atoms with Crippen LogP contribution in [0, 0.1) is 6.92 Å². The van der Waals surface area contributed by atoms with Crippen LogP contribution < -0.4 is 14.8 Å². The van der Waals surface area contributed by atoms with Gasteiger partial charge in [-0.05, 0) is 49.6 Å². The van der Waals surface area contributed by atoms with Crippen molar-refractivity contribution in [2.75, 3.05) is 25.0 Å². The molecule has 7 nitrogen and oxygen atoms in total. The minimum Gasteiger partial charge on any atom is -0.485 e. The second-order valence-corrected chi connectivity index (χ2v) is 9.56. The molecule has 0 spiro atoms. The van der Waals surface area contributed by atoms with Gasteiger partial charge in [-0.25, -0.2) is 8.42 Å². The summed E-state index contributed by atoms with van der Waals surface area (Å²) in [6, 6.07) is 12.1. The Morgan fingerprint density at radius 1 is 1.03 bits per heavy atom. The number of aryl methyl sites for hydroxylation is 1. The van der Waals surface area contributed by atoms with Crippen molar-refractivity contribution < 1.29 is 22.7 Å². The summed E-state index contributed by atoms with van der Waals surface area (Å²) in [7, 11) is -3.61. The fraction of sp³-hybridized carbons (Fsp3) is 0.409. The molecular formula is C22H26N2O5S. The fourth-order valence-corrected chi connectivity index (χ4v) is 5.52. The summed E-state index contributed by atoms with van der Waals surface area (Å²) in [5.41, 5.74) is 1.07. The second-order valence-electron chi connectivity index (χ2n) is 7.65. The van der Waals surface area contributed by atoms with Gasteiger partial charge in [0.15, 0.2) is 11.5 Å². The van der Waals surface area contributed by atoms with Crippen LogP contribution in [0.1, 0.15) is 31.2 Å². The average Bonchev–Trinajstić information content (AvgIpc) is 3.05. The number of anilines is 1. The number of para-hydroxylation sites is 2. The van der Waals surface area contributed by atoms with Crippen molar-refractivity contribution in [3.63, 3.8) is 0 Å². The van der Waals surface area contributed by atoms with Crippen LogP contribution in [-0.4, -0.2) is 44.4 Å². The molecule has 2 heterocycles. The highest BCUT2D eigenvalue weighted by Gasteiger charge is 2.29. The maximum absolute atomic E-state index is 13.2. The molecule has 2 aliphatic heterocycles. The van der Waals surface area contributed by atoms with Crippen LogP contribution in [0.2, 0.25) is 0 Å². The van der Waals surface area contributed by atoms with Crippen LogP contribution in [0.5, 0.6) is 11.5 Å². The fourth-order valence-electron chi connectivity index (χ4n) is 3.75. The molecule has 160 valence electrons. The summed E-state index contributed by atoms with van der Waals surface area (Å²) in [4.78, 5) is 12.9. The first kappa shape index (κ1) is 20.7. The van der Waals surface area contributed by atoms with Crippen molar-refractivity contribution in [3.8, 4) is 11.5 Å². The molecule has 0 saturated carbocycles. The SMILES string of the molecule is Cc1ccc(NC(=O)[C@@H]2COc3ccccc3O2)cc1S(=O)(=O)N1CCCCCC1. The van der Waals surface area contributed by atoms with Gasteiger partial charge in [-0.1, -0.05) is 31.0 Å². The first-order chi connectivity index (χ1) is 14.4. The summed E-state index contributed by atoms with van der Waals surface area (Å²) in [6.45, 7) is 2.93. The zero-order valence-corrected chi connectivity index (χ0v) is 17.8. The van der Waals surface area contributed by atoms with Crippen LogP contribution in [0.25, 0.3) is 0 Å². The number of ether oxygens (including phenoxy) is 2. The second kappa shape index (κ2) is 8.65. The van der Waals surface area contributed by atoms with Crippen molar-refractivity contribution in [1.82, 2.24) is 4.31 Å². The molecular weight excluding hydrogens is 404 g/mol. The van der Waals surface area contributed by atoms with Crippen LogP contribution in [0.15, 0.2) is 47.4 Å². The molecule has 0 aromatic heterocycles. The van der Waals surface area contributed by atoms with Gasteiger partial charge >= 0.3 is 0 Å². The lowest BCUT2D eigenvalue weighted by molar-refractivity contribution is -0.125. The number of sulfonamides is 1. The van der Waals surface area contributed by atoms with E-state index in [1.807, 2.05) is 12.1 Å². The highest BCUT2D eigenvalue weighted by atomic mass is 32.2. The predicted molar refractivity (Wildman–Crippen MR) is 113 cm³/mol. The molecule has 0 unspecified atom stereocenters. The van der Waals surface area contributed by atoms with Gasteiger partial charge < -0.3 is 14.8 Å². The Morgan fingerprint density at radius 3 is 2.47 bits per heavy atom. The first-order valence-corrected chi connectivity index (χ1v) is 11.7. The van der Waals surface area contributed by atoms with Crippen molar-refractivity contribution in [3.05, 3.63) is 48.0 Å². The van der Waals surface area contributed by atoms with Crippen molar-refractivity contribution in [2.24, 2.45) is 0 Å². The van der Waals surface area contributed by atoms with E-state index in [9.17, 15) is 13.2 Å². The minimum absolute atomic E-state index is 0.0909. The molecule has 4 rings (SSSR count). The van der Waals surface area contributed by atoms with E-state index in [0.29, 0.717) is 35.8 Å². The van der Waals surface area contributed by atoms with E-state index in [-0.39, 0.29) is 17.4 Å². The largest absolute Gasteiger partial charge is 0.485 e. The number of carbonyl (C=O) groups is 1. The van der Waals surface area contributed by atoms with Gasteiger partial charge in [0, 0.05) is 18.8 Å². The maximum atomic E-state index is 13.2. The highest BCUT2D eigenvalue weighted by Crippen LogP contribution is 2.31. The highest BCUT2D eigenvalue weighted by molar-refractivity contribution is 7.89. The number of nitrogens with zero attached hydrogens (tertiary/aromatic N) is 1. The Balaban J connectivity index is 1.51. The molecule has 0 aliphatic carbocycles. The number of carbonyl (C=O) groups excluding carboxylic acids is 1. The van der Waals surface area contributed by atoms with Crippen LogP contribution in [0.4, 0.5) is 5.69 Å². The molecule has 2 aromatic rings. The zero-order chi connectivity index (χ0) is 21.1. The average molecular weight is 431 g/mol. The van der Waals surface area contributed by atoms with Crippen molar-refractivity contribution in [1.29, 1.82) is 0 Å². The number of nitrogens with one attached hydrogen (secondary N) is 1. The van der Waals surface area contributed by atoms with Gasteiger partial charge in [-0.3, -0.25) is 4.79 Å². The molecule has 1 atom stereocenters. The molecule has 2 aliphatic rings. The topological polar surface area (TPSA) is 84.9 Å². The molecule has 2 aromatic carbocycles. The maximum Gasteiger partial charge on any atom is 0.269 e. The lowest BCUT2D eigenvalue weighted by atomic mass is 10.2. The Hall–Kier alpha value is -2.58. The monoisotopic (exact) mass is 430 g/mol. The van der Waals surface area contributed by atoms with E-state index in [2.05, 4.69) is 5.32 Å². The summed E-state index contributed by atoms with van der Waals surface area (Å²) in [5.74, 6) is 0.728.